The second-order valence-corrected chi connectivity index (χ2v) is 11.8. The number of alkyl halides is 2. The Morgan fingerprint density at radius 3 is 2.31 bits per heavy atom. The molecule has 1 atom stereocenters. The van der Waals surface area contributed by atoms with Crippen LogP contribution in [0, 0.1) is 25.2 Å². The average molecular weight is 665 g/mol. The van der Waals surface area contributed by atoms with Crippen LogP contribution in [0.4, 0.5) is 8.78 Å². The lowest BCUT2D eigenvalue weighted by atomic mass is 9.91. The Morgan fingerprint density at radius 2 is 1.67 bits per heavy atom. The second-order valence-electron chi connectivity index (χ2n) is 11.8. The van der Waals surface area contributed by atoms with E-state index in [0.717, 1.165) is 34.2 Å². The molecule has 0 aliphatic carbocycles. The molecule has 10 nitrogen and oxygen atoms in total. The van der Waals surface area contributed by atoms with Gasteiger partial charge < -0.3 is 28.7 Å². The summed E-state index contributed by atoms with van der Waals surface area (Å²) >= 11 is 0. The monoisotopic (exact) mass is 664 g/mol. The predicted octanol–water partition coefficient (Wildman–Crippen LogP) is 7.35. The molecule has 0 saturated carbocycles. The third-order valence-electron chi connectivity index (χ3n) is 8.77. The van der Waals surface area contributed by atoms with Crippen LogP contribution >= 0.6 is 0 Å². The normalized spacial score (nSPS) is 14.5. The number of hydrogen-bond donors (Lipinski definition) is 2. The molecular formula is C37H30F2N4O6. The number of ether oxygens (including phenoxy) is 2. The first-order chi connectivity index (χ1) is 23.7. The minimum Gasteiger partial charge on any atom is -0.460 e. The van der Waals surface area contributed by atoms with Crippen molar-refractivity contribution in [3.63, 3.8) is 0 Å². The molecule has 7 rings (SSSR count). The van der Waals surface area contributed by atoms with E-state index in [1.807, 2.05) is 50.2 Å². The van der Waals surface area contributed by atoms with Crippen molar-refractivity contribution in [1.29, 1.82) is 5.26 Å². The predicted molar refractivity (Wildman–Crippen MR) is 175 cm³/mol. The van der Waals surface area contributed by atoms with Gasteiger partial charge in [0.25, 0.3) is 0 Å². The summed E-state index contributed by atoms with van der Waals surface area (Å²) in [6.07, 6.45) is 1.51. The van der Waals surface area contributed by atoms with E-state index in [0.29, 0.717) is 52.2 Å². The fourth-order valence-corrected chi connectivity index (χ4v) is 6.27. The molecule has 49 heavy (non-hydrogen) atoms. The largest absolute Gasteiger partial charge is 0.460 e. The van der Waals surface area contributed by atoms with E-state index in [1.165, 1.54) is 12.1 Å². The van der Waals surface area contributed by atoms with E-state index in [1.54, 1.807) is 12.1 Å². The van der Waals surface area contributed by atoms with E-state index >= 15 is 0 Å². The van der Waals surface area contributed by atoms with Crippen molar-refractivity contribution in [3.8, 4) is 45.9 Å². The highest BCUT2D eigenvalue weighted by Crippen LogP contribution is 2.39. The molecule has 1 fully saturated rings. The van der Waals surface area contributed by atoms with Gasteiger partial charge in [-0.25, -0.2) is 9.97 Å². The van der Waals surface area contributed by atoms with Gasteiger partial charge in [-0.2, -0.15) is 14.0 Å². The van der Waals surface area contributed by atoms with Crippen LogP contribution in [-0.2, 0) is 22.7 Å². The Bertz CT molecular complexity index is 2270. The fraction of sp³-hybridized carbons (Fsp3) is 0.243. The van der Waals surface area contributed by atoms with Gasteiger partial charge >= 0.3 is 12.6 Å². The van der Waals surface area contributed by atoms with Gasteiger partial charge in [0.05, 0.1) is 12.2 Å². The number of nitriles is 1. The van der Waals surface area contributed by atoms with Gasteiger partial charge in [0.2, 0.25) is 11.8 Å². The number of fused-ring (bicyclic) bond motifs is 2. The molecule has 2 N–H and O–H groups in total. The molecule has 1 aliphatic rings. The molecule has 0 spiro atoms. The molecule has 3 heterocycles. The Hall–Kier alpha value is -5.64. The number of nitrogens with zero attached hydrogens (tertiary/aromatic N) is 3. The van der Waals surface area contributed by atoms with Crippen molar-refractivity contribution in [2.24, 2.45) is 0 Å². The summed E-state index contributed by atoms with van der Waals surface area (Å²) in [7, 11) is 0. The van der Waals surface area contributed by atoms with Crippen LogP contribution in [0.1, 0.15) is 40.7 Å². The Balaban J connectivity index is 1.24. The maximum Gasteiger partial charge on any atom is 0.387 e. The molecule has 0 amide bonds. The third-order valence-corrected chi connectivity index (χ3v) is 8.77. The highest BCUT2D eigenvalue weighted by Gasteiger charge is 2.25. The minimum atomic E-state index is -3.09. The lowest BCUT2D eigenvalue weighted by Crippen LogP contribution is -2.32. The van der Waals surface area contributed by atoms with Crippen LogP contribution in [0.5, 0.6) is 5.75 Å². The van der Waals surface area contributed by atoms with Gasteiger partial charge in [0.1, 0.15) is 35.5 Å². The standard InChI is InChI=1S/C37H30F2N4O6/c1-19-24(25-7-4-9-27(20(25)2)35-43-30-13-21(17-44)12-22(16-40)33(30)49-35)6-3-8-26(19)34-42-29-14-23(18-46-36(45)28-10-5-11-41-28)31(48-37(38)39)15-32(29)47-34/h3-4,6-9,12-15,28,37,41,44H,5,10-11,17-18H2,1-2H3/t28-/m0/s1. The van der Waals surface area contributed by atoms with Gasteiger partial charge in [-0.15, -0.1) is 0 Å². The van der Waals surface area contributed by atoms with Crippen LogP contribution in [0.15, 0.2) is 69.5 Å². The Morgan fingerprint density at radius 1 is 1.00 bits per heavy atom. The van der Waals surface area contributed by atoms with Gasteiger partial charge in [-0.05, 0) is 91.4 Å². The topological polar surface area (TPSA) is 144 Å². The van der Waals surface area contributed by atoms with Crippen molar-refractivity contribution in [2.45, 2.75) is 52.6 Å². The number of aliphatic hydroxyl groups excluding tert-OH is 1. The first-order valence-electron chi connectivity index (χ1n) is 15.7. The molecule has 1 aliphatic heterocycles. The molecule has 1 saturated heterocycles. The van der Waals surface area contributed by atoms with Crippen molar-refractivity contribution >= 4 is 28.2 Å². The van der Waals surface area contributed by atoms with Gasteiger partial charge in [0, 0.05) is 22.8 Å². The number of nitrogens with one attached hydrogen (secondary N) is 1. The zero-order valence-electron chi connectivity index (χ0n) is 26.5. The van der Waals surface area contributed by atoms with E-state index in [9.17, 15) is 23.9 Å². The average Bonchev–Trinajstić information content (AvgIpc) is 3.87. The number of halogens is 2. The molecule has 12 heteroatoms. The van der Waals surface area contributed by atoms with Crippen molar-refractivity contribution < 1.29 is 37.0 Å². The zero-order valence-corrected chi connectivity index (χ0v) is 26.5. The van der Waals surface area contributed by atoms with E-state index in [2.05, 4.69) is 21.4 Å². The molecule has 0 radical (unpaired) electrons. The highest BCUT2D eigenvalue weighted by molar-refractivity contribution is 5.86. The SMILES string of the molecule is Cc1c(-c2nc3cc(COC(=O)[C@@H]4CCCN4)c(OC(F)F)cc3o2)cccc1-c1cccc(-c2nc3cc(CO)cc(C#N)c3o2)c1C. The van der Waals surface area contributed by atoms with Gasteiger partial charge in [0.15, 0.2) is 11.2 Å². The summed E-state index contributed by atoms with van der Waals surface area (Å²) in [5, 5.41) is 22.3. The Kier molecular flexibility index (Phi) is 8.54. The van der Waals surface area contributed by atoms with Crippen LogP contribution in [0.25, 0.3) is 56.2 Å². The molecule has 2 aromatic heterocycles. The summed E-state index contributed by atoms with van der Waals surface area (Å²) in [6, 6.07) is 19.3. The van der Waals surface area contributed by atoms with Crippen molar-refractivity contribution in [2.75, 3.05) is 6.54 Å². The summed E-state index contributed by atoms with van der Waals surface area (Å²) in [5.74, 6) is 0.00527. The molecule has 248 valence electrons. The number of benzene rings is 4. The van der Waals surface area contributed by atoms with E-state index in [4.69, 9.17) is 18.3 Å². The number of carbonyl (C=O) groups is 1. The minimum absolute atomic E-state index is 0.163. The second kappa shape index (κ2) is 13.1. The molecule has 0 bridgehead atoms. The van der Waals surface area contributed by atoms with Crippen LogP contribution in [0.3, 0.4) is 0 Å². The lowest BCUT2D eigenvalue weighted by molar-refractivity contribution is -0.147. The number of oxazole rings is 2. The molecule has 0 unspecified atom stereocenters. The van der Waals surface area contributed by atoms with Crippen molar-refractivity contribution in [1.82, 2.24) is 15.3 Å². The van der Waals surface area contributed by atoms with Gasteiger partial charge in [-0.1, -0.05) is 24.3 Å². The first-order valence-corrected chi connectivity index (χ1v) is 15.7. The van der Waals surface area contributed by atoms with Crippen molar-refractivity contribution in [3.05, 3.63) is 88.5 Å². The van der Waals surface area contributed by atoms with E-state index < -0.39 is 18.6 Å². The summed E-state index contributed by atoms with van der Waals surface area (Å²) in [4.78, 5) is 21.8. The van der Waals surface area contributed by atoms with Crippen LogP contribution in [0.2, 0.25) is 0 Å². The Labute approximate surface area is 278 Å². The lowest BCUT2D eigenvalue weighted by Gasteiger charge is -2.14. The maximum atomic E-state index is 13.3. The molecule has 6 aromatic rings. The smallest absolute Gasteiger partial charge is 0.387 e. The van der Waals surface area contributed by atoms with Gasteiger partial charge in [-0.3, -0.25) is 4.79 Å². The summed E-state index contributed by atoms with van der Waals surface area (Å²) in [6.45, 7) is 1.03. The zero-order chi connectivity index (χ0) is 34.2. The number of hydrogen-bond acceptors (Lipinski definition) is 10. The fourth-order valence-electron chi connectivity index (χ4n) is 6.27. The quantitative estimate of drug-likeness (QED) is 0.151. The third kappa shape index (κ3) is 6.10. The first kappa shape index (κ1) is 31.9. The number of aliphatic hydroxyl groups is 1. The summed E-state index contributed by atoms with van der Waals surface area (Å²) in [5.41, 5.74) is 7.51. The number of carbonyl (C=O) groups excluding carboxylic acids is 1. The summed E-state index contributed by atoms with van der Waals surface area (Å²) < 4.78 is 49.0. The van der Waals surface area contributed by atoms with Crippen LogP contribution < -0.4 is 10.1 Å². The maximum absolute atomic E-state index is 13.3. The molecular weight excluding hydrogens is 634 g/mol. The molecule has 4 aromatic carbocycles. The highest BCUT2D eigenvalue weighted by atomic mass is 19.3. The van der Waals surface area contributed by atoms with E-state index in [-0.39, 0.29) is 36.0 Å². The van der Waals surface area contributed by atoms with Crippen LogP contribution in [-0.4, -0.2) is 40.2 Å². The number of esters is 1. The number of aromatic nitrogens is 2. The number of rotatable bonds is 9.